The van der Waals surface area contributed by atoms with Crippen molar-refractivity contribution >= 4 is 43.0 Å². The van der Waals surface area contributed by atoms with Crippen LogP contribution in [0.15, 0.2) is 22.0 Å². The quantitative estimate of drug-likeness (QED) is 0.588. The lowest BCUT2D eigenvalue weighted by atomic mass is 10.2. The van der Waals surface area contributed by atoms with E-state index in [0.717, 1.165) is 11.3 Å². The minimum Gasteiger partial charge on any atom is -0.258 e. The first-order valence-corrected chi connectivity index (χ1v) is 5.28. The Hall–Kier alpha value is -1.01. The van der Waals surface area contributed by atoms with Crippen LogP contribution < -0.4 is 0 Å². The molecule has 0 amide bonds. The Labute approximate surface area is 90.4 Å². The molecule has 0 aliphatic rings. The van der Waals surface area contributed by atoms with Crippen LogP contribution >= 0.6 is 27.3 Å². The number of fused-ring (bicyclic) bond motifs is 1. The molecule has 1 heterocycles. The Bertz CT molecular complexity index is 525. The zero-order valence-corrected chi connectivity index (χ0v) is 9.06. The maximum atomic E-state index is 13.0. The van der Waals surface area contributed by atoms with Crippen LogP contribution in [0.25, 0.3) is 10.1 Å². The molecule has 0 unspecified atom stereocenters. The number of nitro groups is 1. The molecule has 6 heteroatoms. The SMILES string of the molecule is O=[N+]([O-])c1csc2c(Br)c(F)ccc12. The van der Waals surface area contributed by atoms with Gasteiger partial charge >= 0.3 is 0 Å². The molecule has 72 valence electrons. The first kappa shape index (κ1) is 9.54. The summed E-state index contributed by atoms with van der Waals surface area (Å²) in [6, 6.07) is 2.64. The van der Waals surface area contributed by atoms with Gasteiger partial charge in [-0.3, -0.25) is 10.1 Å². The van der Waals surface area contributed by atoms with Crippen molar-refractivity contribution in [1.29, 1.82) is 0 Å². The molecule has 0 atom stereocenters. The molecule has 0 spiro atoms. The lowest BCUT2D eigenvalue weighted by Crippen LogP contribution is -1.85. The Kier molecular flexibility index (Phi) is 2.24. The van der Waals surface area contributed by atoms with E-state index in [4.69, 9.17) is 0 Å². The Morgan fingerprint density at radius 2 is 2.21 bits per heavy atom. The van der Waals surface area contributed by atoms with Gasteiger partial charge in [-0.15, -0.1) is 11.3 Å². The first-order valence-electron chi connectivity index (χ1n) is 3.61. The van der Waals surface area contributed by atoms with Crippen LogP contribution in [0, 0.1) is 15.9 Å². The van der Waals surface area contributed by atoms with Crippen molar-refractivity contribution in [2.45, 2.75) is 0 Å². The van der Waals surface area contributed by atoms with Crippen LogP contribution in [0.5, 0.6) is 0 Å². The number of nitrogens with zero attached hydrogens (tertiary/aromatic N) is 1. The van der Waals surface area contributed by atoms with E-state index in [1.807, 2.05) is 0 Å². The number of benzene rings is 1. The van der Waals surface area contributed by atoms with Gasteiger partial charge < -0.3 is 0 Å². The molecule has 0 saturated heterocycles. The third kappa shape index (κ3) is 1.31. The van der Waals surface area contributed by atoms with Crippen LogP contribution in [-0.2, 0) is 0 Å². The van der Waals surface area contributed by atoms with Gasteiger partial charge in [-0.2, -0.15) is 0 Å². The highest BCUT2D eigenvalue weighted by Gasteiger charge is 2.17. The predicted molar refractivity (Wildman–Crippen MR) is 56.1 cm³/mol. The van der Waals surface area contributed by atoms with Gasteiger partial charge in [0.05, 0.1) is 24.9 Å². The van der Waals surface area contributed by atoms with Gasteiger partial charge in [0.1, 0.15) is 5.82 Å². The zero-order valence-electron chi connectivity index (χ0n) is 6.66. The molecule has 0 bridgehead atoms. The van der Waals surface area contributed by atoms with Gasteiger partial charge in [-0.05, 0) is 28.1 Å². The maximum absolute atomic E-state index is 13.0. The molecule has 0 aliphatic carbocycles. The summed E-state index contributed by atoms with van der Waals surface area (Å²) in [5.74, 6) is -0.408. The Morgan fingerprint density at radius 1 is 1.50 bits per heavy atom. The largest absolute Gasteiger partial charge is 0.287 e. The summed E-state index contributed by atoms with van der Waals surface area (Å²) in [5.41, 5.74) is 0.0192. The predicted octanol–water partition coefficient (Wildman–Crippen LogP) is 3.71. The monoisotopic (exact) mass is 275 g/mol. The van der Waals surface area contributed by atoms with Crippen molar-refractivity contribution in [1.82, 2.24) is 0 Å². The highest BCUT2D eigenvalue weighted by molar-refractivity contribution is 9.10. The number of hydrogen-bond donors (Lipinski definition) is 0. The molecular weight excluding hydrogens is 273 g/mol. The van der Waals surface area contributed by atoms with Crippen molar-refractivity contribution in [2.75, 3.05) is 0 Å². The summed E-state index contributed by atoms with van der Waals surface area (Å²) in [6.07, 6.45) is 0. The fraction of sp³-hybridized carbons (Fsp3) is 0. The molecular formula is C8H3BrFNO2S. The first-order chi connectivity index (χ1) is 6.61. The average molecular weight is 276 g/mol. The van der Waals surface area contributed by atoms with Crippen molar-refractivity contribution in [3.05, 3.63) is 37.9 Å². The van der Waals surface area contributed by atoms with E-state index in [1.165, 1.54) is 17.5 Å². The molecule has 0 radical (unpaired) electrons. The summed E-state index contributed by atoms with van der Waals surface area (Å²) >= 11 is 4.21. The number of rotatable bonds is 1. The lowest BCUT2D eigenvalue weighted by molar-refractivity contribution is -0.382. The van der Waals surface area contributed by atoms with E-state index in [-0.39, 0.29) is 10.2 Å². The molecule has 1 aromatic heterocycles. The van der Waals surface area contributed by atoms with Crippen molar-refractivity contribution in [2.24, 2.45) is 0 Å². The van der Waals surface area contributed by atoms with Gasteiger partial charge in [0, 0.05) is 0 Å². The molecule has 3 nitrogen and oxygen atoms in total. The molecule has 0 fully saturated rings. The van der Waals surface area contributed by atoms with Gasteiger partial charge in [0.25, 0.3) is 5.69 Å². The Morgan fingerprint density at radius 3 is 2.86 bits per heavy atom. The van der Waals surface area contributed by atoms with Gasteiger partial charge in [0.15, 0.2) is 0 Å². The maximum Gasteiger partial charge on any atom is 0.287 e. The van der Waals surface area contributed by atoms with Crippen molar-refractivity contribution in [3.8, 4) is 0 Å². The summed E-state index contributed by atoms with van der Waals surface area (Å²) in [5, 5.41) is 12.5. The van der Waals surface area contributed by atoms with E-state index in [1.54, 1.807) is 0 Å². The number of thiophene rings is 1. The van der Waals surface area contributed by atoms with Crippen LogP contribution in [0.2, 0.25) is 0 Å². The second-order valence-corrected chi connectivity index (χ2v) is 4.29. The van der Waals surface area contributed by atoms with Crippen LogP contribution in [0.3, 0.4) is 0 Å². The molecule has 0 N–H and O–H groups in total. The van der Waals surface area contributed by atoms with Crippen LogP contribution in [0.4, 0.5) is 10.1 Å². The molecule has 2 aromatic rings. The van der Waals surface area contributed by atoms with E-state index >= 15 is 0 Å². The molecule has 0 saturated carbocycles. The smallest absolute Gasteiger partial charge is 0.258 e. The van der Waals surface area contributed by atoms with E-state index in [9.17, 15) is 14.5 Å². The minimum atomic E-state index is -0.469. The van der Waals surface area contributed by atoms with Crippen LogP contribution in [0.1, 0.15) is 0 Å². The number of hydrogen-bond acceptors (Lipinski definition) is 3. The molecule has 1 aromatic carbocycles. The fourth-order valence-corrected chi connectivity index (χ4v) is 2.74. The summed E-state index contributed by atoms with van der Waals surface area (Å²) in [4.78, 5) is 10.1. The summed E-state index contributed by atoms with van der Waals surface area (Å²) in [7, 11) is 0. The molecule has 14 heavy (non-hydrogen) atoms. The van der Waals surface area contributed by atoms with E-state index in [0.29, 0.717) is 10.1 Å². The summed E-state index contributed by atoms with van der Waals surface area (Å²) < 4.78 is 13.9. The normalized spacial score (nSPS) is 10.7. The minimum absolute atomic E-state index is 0.0192. The van der Waals surface area contributed by atoms with Crippen molar-refractivity contribution < 1.29 is 9.31 Å². The second-order valence-electron chi connectivity index (χ2n) is 2.62. The van der Waals surface area contributed by atoms with Crippen molar-refractivity contribution in [3.63, 3.8) is 0 Å². The third-order valence-corrected chi connectivity index (χ3v) is 3.85. The Balaban J connectivity index is 2.83. The van der Waals surface area contributed by atoms with Gasteiger partial charge in [-0.25, -0.2) is 4.39 Å². The summed E-state index contributed by atoms with van der Waals surface area (Å²) in [6.45, 7) is 0. The van der Waals surface area contributed by atoms with E-state index < -0.39 is 10.7 Å². The second kappa shape index (κ2) is 3.29. The lowest BCUT2D eigenvalue weighted by Gasteiger charge is -1.94. The van der Waals surface area contributed by atoms with Crippen LogP contribution in [-0.4, -0.2) is 4.92 Å². The van der Waals surface area contributed by atoms with Gasteiger partial charge in [0.2, 0.25) is 0 Å². The highest BCUT2D eigenvalue weighted by Crippen LogP contribution is 2.37. The average Bonchev–Trinajstić information content (AvgIpc) is 2.55. The number of halogens is 2. The molecule has 0 aliphatic heterocycles. The fourth-order valence-electron chi connectivity index (χ4n) is 1.17. The third-order valence-electron chi connectivity index (χ3n) is 1.81. The standard InChI is InChI=1S/C8H3BrFNO2S/c9-7-5(10)2-1-4-6(11(12)13)3-14-8(4)7/h1-3H. The van der Waals surface area contributed by atoms with Gasteiger partial charge in [-0.1, -0.05) is 0 Å². The topological polar surface area (TPSA) is 43.1 Å². The zero-order chi connectivity index (χ0) is 10.3. The van der Waals surface area contributed by atoms with E-state index in [2.05, 4.69) is 15.9 Å². The molecule has 2 rings (SSSR count). The highest BCUT2D eigenvalue weighted by atomic mass is 79.9.